The summed E-state index contributed by atoms with van der Waals surface area (Å²) >= 11 is 0. The Morgan fingerprint density at radius 3 is 2.46 bits per heavy atom. The quantitative estimate of drug-likeness (QED) is 0.284. The third kappa shape index (κ3) is 3.70. The van der Waals surface area contributed by atoms with Gasteiger partial charge in [-0.1, -0.05) is 0 Å². The Bertz CT molecular complexity index is 1490. The first kappa shape index (κ1) is 22.8. The zero-order chi connectivity index (χ0) is 25.7. The Morgan fingerprint density at radius 2 is 1.68 bits per heavy atom. The lowest BCUT2D eigenvalue weighted by Gasteiger charge is -2.26. The monoisotopic (exact) mass is 502 g/mol. The molecule has 188 valence electrons. The Morgan fingerprint density at radius 1 is 0.838 bits per heavy atom. The van der Waals surface area contributed by atoms with Crippen LogP contribution >= 0.6 is 0 Å². The fourth-order valence-corrected chi connectivity index (χ4v) is 4.82. The van der Waals surface area contributed by atoms with Crippen LogP contribution in [0.3, 0.4) is 0 Å². The molecule has 3 aliphatic heterocycles. The molecule has 9 nitrogen and oxygen atoms in total. The highest BCUT2D eigenvalue weighted by Gasteiger charge is 2.39. The number of allylic oxidation sites excluding steroid dienone is 1. The average Bonchev–Trinajstić information content (AvgIpc) is 3.52. The predicted molar refractivity (Wildman–Crippen MR) is 130 cm³/mol. The molecule has 9 heteroatoms. The van der Waals surface area contributed by atoms with E-state index in [-0.39, 0.29) is 24.8 Å². The first-order chi connectivity index (χ1) is 18.0. The summed E-state index contributed by atoms with van der Waals surface area (Å²) in [6.07, 6.45) is 1.68. The second kappa shape index (κ2) is 8.77. The van der Waals surface area contributed by atoms with Crippen molar-refractivity contribution in [1.29, 1.82) is 0 Å². The summed E-state index contributed by atoms with van der Waals surface area (Å²) < 4.78 is 39.0. The van der Waals surface area contributed by atoms with Gasteiger partial charge in [-0.05, 0) is 48.0 Å². The Kier molecular flexibility index (Phi) is 5.40. The van der Waals surface area contributed by atoms with E-state index in [0.717, 1.165) is 5.56 Å². The third-order valence-electron chi connectivity index (χ3n) is 6.59. The van der Waals surface area contributed by atoms with Gasteiger partial charge in [0.15, 0.2) is 17.3 Å². The molecule has 3 aliphatic rings. The fourth-order valence-electron chi connectivity index (χ4n) is 4.82. The van der Waals surface area contributed by atoms with Gasteiger partial charge in [0, 0.05) is 23.1 Å². The minimum absolute atomic E-state index is 0.0507. The van der Waals surface area contributed by atoms with Crippen molar-refractivity contribution in [2.75, 3.05) is 28.1 Å². The molecular weight excluding hydrogens is 480 g/mol. The van der Waals surface area contributed by atoms with Crippen molar-refractivity contribution in [2.24, 2.45) is 0 Å². The van der Waals surface area contributed by atoms with Gasteiger partial charge in [0.25, 0.3) is 0 Å². The summed E-state index contributed by atoms with van der Waals surface area (Å²) in [7, 11) is 4.64. The van der Waals surface area contributed by atoms with Crippen LogP contribution in [0.4, 0.5) is 0 Å². The SMILES string of the molecule is COc1ccc(C=C2Oc3c(ccc4c3C(c3cc(OC)c5c(c3)OCO5)CC(=O)O4)C2=O)c(OC)c1. The van der Waals surface area contributed by atoms with Gasteiger partial charge in [-0.25, -0.2) is 0 Å². The molecule has 3 aromatic rings. The van der Waals surface area contributed by atoms with Crippen molar-refractivity contribution in [1.82, 2.24) is 0 Å². The molecule has 37 heavy (non-hydrogen) atoms. The van der Waals surface area contributed by atoms with Crippen LogP contribution in [0, 0.1) is 0 Å². The van der Waals surface area contributed by atoms with Gasteiger partial charge in [-0.2, -0.15) is 0 Å². The number of methoxy groups -OCH3 is 3. The topological polar surface area (TPSA) is 98.8 Å². The van der Waals surface area contributed by atoms with Gasteiger partial charge in [-0.3, -0.25) is 9.59 Å². The van der Waals surface area contributed by atoms with Crippen molar-refractivity contribution < 1.29 is 42.7 Å². The molecule has 3 aromatic carbocycles. The molecule has 0 N–H and O–H groups in total. The number of esters is 1. The van der Waals surface area contributed by atoms with Crippen LogP contribution in [0.1, 0.15) is 39.4 Å². The summed E-state index contributed by atoms with van der Waals surface area (Å²) in [4.78, 5) is 25.9. The standard InChI is InChI=1S/C28H22O9/c1-31-16-5-4-14(20(11-16)32-2)8-21-26(30)17-6-7-19-25(27(17)37-21)18(12-24(29)36-19)15-9-22(33-3)28-23(10-15)34-13-35-28/h4-11,18H,12-13H2,1-3H3. The van der Waals surface area contributed by atoms with Crippen molar-refractivity contribution in [3.63, 3.8) is 0 Å². The molecule has 3 heterocycles. The van der Waals surface area contributed by atoms with Gasteiger partial charge in [0.2, 0.25) is 18.3 Å². The van der Waals surface area contributed by atoms with Crippen LogP contribution < -0.4 is 33.2 Å². The number of hydrogen-bond donors (Lipinski definition) is 0. The molecule has 0 saturated heterocycles. The highest BCUT2D eigenvalue weighted by atomic mass is 16.7. The minimum atomic E-state index is -0.461. The van der Waals surface area contributed by atoms with E-state index in [9.17, 15) is 9.59 Å². The molecule has 0 amide bonds. The molecule has 0 bridgehead atoms. The number of hydrogen-bond acceptors (Lipinski definition) is 9. The number of benzene rings is 3. The van der Waals surface area contributed by atoms with E-state index < -0.39 is 11.9 Å². The molecular formula is C28H22O9. The van der Waals surface area contributed by atoms with Crippen molar-refractivity contribution in [3.05, 3.63) is 70.5 Å². The third-order valence-corrected chi connectivity index (χ3v) is 6.59. The van der Waals surface area contributed by atoms with Gasteiger partial charge >= 0.3 is 5.97 Å². The Hall–Kier alpha value is -4.66. The normalized spacial score (nSPS) is 18.1. The van der Waals surface area contributed by atoms with E-state index in [0.29, 0.717) is 56.9 Å². The maximum absolute atomic E-state index is 13.3. The first-order valence-electron chi connectivity index (χ1n) is 11.5. The van der Waals surface area contributed by atoms with Crippen LogP contribution in [0.15, 0.2) is 48.2 Å². The summed E-state index contributed by atoms with van der Waals surface area (Å²) in [5.74, 6) is 2.36. The number of fused-ring (bicyclic) bond motifs is 4. The van der Waals surface area contributed by atoms with E-state index >= 15 is 0 Å². The molecule has 0 fully saturated rings. The van der Waals surface area contributed by atoms with Crippen molar-refractivity contribution in [3.8, 4) is 40.2 Å². The number of ketones is 1. The second-order valence-electron chi connectivity index (χ2n) is 8.59. The highest BCUT2D eigenvalue weighted by molar-refractivity contribution is 6.15. The van der Waals surface area contributed by atoms with E-state index in [2.05, 4.69) is 0 Å². The zero-order valence-electron chi connectivity index (χ0n) is 20.3. The molecule has 6 rings (SSSR count). The van der Waals surface area contributed by atoms with E-state index in [1.54, 1.807) is 49.6 Å². The summed E-state index contributed by atoms with van der Waals surface area (Å²) in [5.41, 5.74) is 2.39. The largest absolute Gasteiger partial charge is 0.497 e. The van der Waals surface area contributed by atoms with E-state index in [4.69, 9.17) is 33.2 Å². The van der Waals surface area contributed by atoms with Gasteiger partial charge < -0.3 is 33.2 Å². The minimum Gasteiger partial charge on any atom is -0.497 e. The molecule has 0 saturated carbocycles. The molecule has 0 aliphatic carbocycles. The second-order valence-corrected chi connectivity index (χ2v) is 8.59. The van der Waals surface area contributed by atoms with Gasteiger partial charge in [-0.15, -0.1) is 0 Å². The molecule has 0 aromatic heterocycles. The Balaban J connectivity index is 1.45. The van der Waals surface area contributed by atoms with Crippen LogP contribution in [-0.4, -0.2) is 39.9 Å². The summed E-state index contributed by atoms with van der Waals surface area (Å²) in [6, 6.07) is 12.1. The van der Waals surface area contributed by atoms with Gasteiger partial charge in [0.05, 0.1) is 33.3 Å². The molecule has 1 atom stereocenters. The number of ether oxygens (including phenoxy) is 7. The lowest BCUT2D eigenvalue weighted by atomic mass is 9.84. The fraction of sp³-hybridized carbons (Fsp3) is 0.214. The molecule has 0 radical (unpaired) electrons. The lowest BCUT2D eigenvalue weighted by molar-refractivity contribution is -0.135. The average molecular weight is 502 g/mol. The molecule has 0 spiro atoms. The molecule has 1 unspecified atom stereocenters. The summed E-state index contributed by atoms with van der Waals surface area (Å²) in [5, 5.41) is 0. The van der Waals surface area contributed by atoms with E-state index in [1.165, 1.54) is 14.2 Å². The van der Waals surface area contributed by atoms with Crippen LogP contribution in [0.2, 0.25) is 0 Å². The van der Waals surface area contributed by atoms with Crippen LogP contribution in [0.25, 0.3) is 6.08 Å². The number of carbonyl (C=O) groups is 2. The van der Waals surface area contributed by atoms with Crippen LogP contribution in [-0.2, 0) is 4.79 Å². The lowest BCUT2D eigenvalue weighted by Crippen LogP contribution is -2.21. The van der Waals surface area contributed by atoms with Crippen molar-refractivity contribution in [2.45, 2.75) is 12.3 Å². The number of carbonyl (C=O) groups excluding carboxylic acids is 2. The summed E-state index contributed by atoms with van der Waals surface area (Å²) in [6.45, 7) is 0.0778. The van der Waals surface area contributed by atoms with E-state index in [1.807, 2.05) is 6.07 Å². The zero-order valence-corrected chi connectivity index (χ0v) is 20.3. The number of rotatable bonds is 5. The smallest absolute Gasteiger partial charge is 0.312 e. The highest BCUT2D eigenvalue weighted by Crippen LogP contribution is 2.52. The maximum Gasteiger partial charge on any atom is 0.312 e. The van der Waals surface area contributed by atoms with Crippen molar-refractivity contribution >= 4 is 17.8 Å². The first-order valence-corrected chi connectivity index (χ1v) is 11.5. The van der Waals surface area contributed by atoms with Crippen LogP contribution in [0.5, 0.6) is 40.2 Å². The Labute approximate surface area is 212 Å². The number of Topliss-reactive ketones (excluding diaryl/α,β-unsaturated/α-hetero) is 1. The maximum atomic E-state index is 13.3. The predicted octanol–water partition coefficient (Wildman–Crippen LogP) is 4.50. The van der Waals surface area contributed by atoms with Gasteiger partial charge in [0.1, 0.15) is 23.0 Å².